The van der Waals surface area contributed by atoms with Crippen LogP contribution in [0.15, 0.2) is 43.3 Å². The normalized spacial score (nSPS) is 26.9. The largest absolute Gasteiger partial charge is 0.354 e. The van der Waals surface area contributed by atoms with Crippen LogP contribution in [-0.4, -0.2) is 5.91 Å². The lowest BCUT2D eigenvalue weighted by Gasteiger charge is -2.29. The predicted molar refractivity (Wildman–Crippen MR) is 75.3 cm³/mol. The van der Waals surface area contributed by atoms with Crippen molar-refractivity contribution in [3.63, 3.8) is 0 Å². The van der Waals surface area contributed by atoms with E-state index in [9.17, 15) is 10.1 Å². The Morgan fingerprint density at radius 3 is 2.95 bits per heavy atom. The number of carbonyl (C=O) groups excluding carboxylic acids is 1. The predicted octanol–water partition coefficient (Wildman–Crippen LogP) is 1.69. The van der Waals surface area contributed by atoms with Crippen LogP contribution in [0.1, 0.15) is 23.1 Å². The molecule has 1 fully saturated rings. The smallest absolute Gasteiger partial charge is 0.256 e. The van der Waals surface area contributed by atoms with Crippen LogP contribution in [0.5, 0.6) is 0 Å². The number of nitrogens with zero attached hydrogens (tertiary/aromatic N) is 1. The van der Waals surface area contributed by atoms with Crippen LogP contribution in [0.2, 0.25) is 0 Å². The molecule has 1 aliphatic heterocycles. The van der Waals surface area contributed by atoms with Crippen molar-refractivity contribution in [3.05, 3.63) is 59.9 Å². The molecule has 2 N–H and O–H groups in total. The molecule has 100 valence electrons. The van der Waals surface area contributed by atoms with Crippen molar-refractivity contribution in [3.8, 4) is 6.07 Å². The third kappa shape index (κ3) is 1.44. The van der Waals surface area contributed by atoms with E-state index < -0.39 is 5.54 Å². The molecule has 4 heteroatoms. The van der Waals surface area contributed by atoms with Crippen LogP contribution < -0.4 is 10.6 Å². The number of allylic oxidation sites excluding steroid dienone is 1. The lowest BCUT2D eigenvalue weighted by atomic mass is 9.81. The number of carbonyl (C=O) groups is 1. The Labute approximate surface area is 117 Å². The van der Waals surface area contributed by atoms with Gasteiger partial charge in [0.15, 0.2) is 0 Å². The van der Waals surface area contributed by atoms with Gasteiger partial charge in [-0.3, -0.25) is 4.79 Å². The standard InChI is InChI=1S/C16H15N3O/c1-3-5-12-8-13-11(9-17)6-4-7-14(13)16(12)15(20)18-10(2)19-16/h3-4,6-7,12,19H,1-2,5,8H2,(H,18,20). The van der Waals surface area contributed by atoms with Crippen LogP contribution in [0.25, 0.3) is 0 Å². The Balaban J connectivity index is 2.22. The van der Waals surface area contributed by atoms with Gasteiger partial charge in [-0.25, -0.2) is 0 Å². The van der Waals surface area contributed by atoms with Crippen LogP contribution in [0.3, 0.4) is 0 Å². The molecule has 1 aromatic carbocycles. The van der Waals surface area contributed by atoms with E-state index in [0.717, 1.165) is 11.1 Å². The van der Waals surface area contributed by atoms with Crippen molar-refractivity contribution < 1.29 is 4.79 Å². The summed E-state index contributed by atoms with van der Waals surface area (Å²) in [7, 11) is 0. The van der Waals surface area contributed by atoms with Gasteiger partial charge < -0.3 is 10.6 Å². The highest BCUT2D eigenvalue weighted by molar-refractivity contribution is 5.94. The quantitative estimate of drug-likeness (QED) is 0.800. The van der Waals surface area contributed by atoms with Gasteiger partial charge >= 0.3 is 0 Å². The fourth-order valence-corrected chi connectivity index (χ4v) is 3.40. The van der Waals surface area contributed by atoms with Gasteiger partial charge in [0.2, 0.25) is 0 Å². The first-order chi connectivity index (χ1) is 9.63. The van der Waals surface area contributed by atoms with E-state index in [1.165, 1.54) is 0 Å². The molecule has 1 heterocycles. The number of nitrogens with one attached hydrogen (secondary N) is 2. The van der Waals surface area contributed by atoms with Gasteiger partial charge in [0.05, 0.1) is 17.5 Å². The van der Waals surface area contributed by atoms with Gasteiger partial charge in [-0.1, -0.05) is 24.8 Å². The SMILES string of the molecule is C=CCC1Cc2c(C#N)cccc2C12NC(=C)NC2=O. The maximum absolute atomic E-state index is 12.5. The van der Waals surface area contributed by atoms with E-state index in [1.54, 1.807) is 6.07 Å². The number of amides is 1. The molecule has 1 saturated heterocycles. The molecule has 1 aromatic rings. The number of fused-ring (bicyclic) bond motifs is 2. The van der Waals surface area contributed by atoms with E-state index in [-0.39, 0.29) is 11.8 Å². The summed E-state index contributed by atoms with van der Waals surface area (Å²) in [6.45, 7) is 7.58. The Morgan fingerprint density at radius 2 is 2.35 bits per heavy atom. The lowest BCUT2D eigenvalue weighted by Crippen LogP contribution is -2.47. The summed E-state index contributed by atoms with van der Waals surface area (Å²) in [5.41, 5.74) is 1.67. The Kier molecular flexibility index (Phi) is 2.65. The van der Waals surface area contributed by atoms with E-state index in [2.05, 4.69) is 29.9 Å². The van der Waals surface area contributed by atoms with Crippen molar-refractivity contribution in [1.82, 2.24) is 10.6 Å². The van der Waals surface area contributed by atoms with Crippen LogP contribution in [0, 0.1) is 17.2 Å². The summed E-state index contributed by atoms with van der Waals surface area (Å²) in [4.78, 5) is 12.5. The number of nitriles is 1. The first-order valence-electron chi connectivity index (χ1n) is 6.55. The second-order valence-corrected chi connectivity index (χ2v) is 5.23. The third-order valence-corrected chi connectivity index (χ3v) is 4.21. The molecule has 2 atom stereocenters. The molecule has 4 nitrogen and oxygen atoms in total. The molecule has 1 amide bonds. The third-order valence-electron chi connectivity index (χ3n) is 4.21. The summed E-state index contributed by atoms with van der Waals surface area (Å²) in [6.07, 6.45) is 3.21. The molecule has 3 rings (SSSR count). The molecule has 2 aliphatic rings. The van der Waals surface area contributed by atoms with Gasteiger partial charge in [0.1, 0.15) is 5.54 Å². The summed E-state index contributed by atoms with van der Waals surface area (Å²) in [6, 6.07) is 7.76. The van der Waals surface area contributed by atoms with Gasteiger partial charge in [-0.15, -0.1) is 6.58 Å². The average molecular weight is 265 g/mol. The lowest BCUT2D eigenvalue weighted by molar-refractivity contribution is -0.125. The van der Waals surface area contributed by atoms with Crippen molar-refractivity contribution in [2.45, 2.75) is 18.4 Å². The maximum atomic E-state index is 12.5. The molecule has 1 aliphatic carbocycles. The van der Waals surface area contributed by atoms with E-state index >= 15 is 0 Å². The van der Waals surface area contributed by atoms with Crippen molar-refractivity contribution in [1.29, 1.82) is 5.26 Å². The molecule has 0 bridgehead atoms. The van der Waals surface area contributed by atoms with Crippen LogP contribution in [-0.2, 0) is 16.8 Å². The minimum absolute atomic E-state index is 0.0451. The zero-order valence-electron chi connectivity index (χ0n) is 11.1. The number of benzene rings is 1. The molecule has 2 unspecified atom stereocenters. The van der Waals surface area contributed by atoms with Crippen molar-refractivity contribution >= 4 is 5.91 Å². The molecular weight excluding hydrogens is 250 g/mol. The Hall–Kier alpha value is -2.54. The van der Waals surface area contributed by atoms with E-state index in [1.807, 2.05) is 18.2 Å². The zero-order chi connectivity index (χ0) is 14.3. The number of hydrogen-bond acceptors (Lipinski definition) is 3. The van der Waals surface area contributed by atoms with Gasteiger partial charge in [-0.2, -0.15) is 5.26 Å². The average Bonchev–Trinajstić information content (AvgIpc) is 2.90. The van der Waals surface area contributed by atoms with Crippen LogP contribution in [0.4, 0.5) is 0 Å². The minimum Gasteiger partial charge on any atom is -0.354 e. The number of hydrogen-bond donors (Lipinski definition) is 2. The highest BCUT2D eigenvalue weighted by atomic mass is 16.2. The number of rotatable bonds is 2. The Bertz CT molecular complexity index is 671. The highest BCUT2D eigenvalue weighted by Gasteiger charge is 2.55. The van der Waals surface area contributed by atoms with E-state index in [0.29, 0.717) is 24.2 Å². The second kappa shape index (κ2) is 4.24. The summed E-state index contributed by atoms with van der Waals surface area (Å²) in [5.74, 6) is 0.464. The van der Waals surface area contributed by atoms with E-state index in [4.69, 9.17) is 0 Å². The fraction of sp³-hybridized carbons (Fsp3) is 0.250. The summed E-state index contributed by atoms with van der Waals surface area (Å²) < 4.78 is 0. The Morgan fingerprint density at radius 1 is 1.55 bits per heavy atom. The second-order valence-electron chi connectivity index (χ2n) is 5.23. The van der Waals surface area contributed by atoms with Crippen molar-refractivity contribution in [2.75, 3.05) is 0 Å². The van der Waals surface area contributed by atoms with Gasteiger partial charge in [0.25, 0.3) is 5.91 Å². The fourth-order valence-electron chi connectivity index (χ4n) is 3.40. The first-order valence-corrected chi connectivity index (χ1v) is 6.55. The molecule has 0 saturated carbocycles. The molecule has 0 aromatic heterocycles. The highest BCUT2D eigenvalue weighted by Crippen LogP contribution is 2.46. The van der Waals surface area contributed by atoms with Gasteiger partial charge in [0, 0.05) is 5.92 Å². The monoisotopic (exact) mass is 265 g/mol. The van der Waals surface area contributed by atoms with Gasteiger partial charge in [-0.05, 0) is 30.0 Å². The summed E-state index contributed by atoms with van der Waals surface area (Å²) in [5, 5.41) is 15.2. The minimum atomic E-state index is -0.812. The first kappa shape index (κ1) is 12.5. The molecule has 1 spiro atoms. The van der Waals surface area contributed by atoms with Crippen molar-refractivity contribution in [2.24, 2.45) is 5.92 Å². The topological polar surface area (TPSA) is 64.9 Å². The zero-order valence-corrected chi connectivity index (χ0v) is 11.1. The van der Waals surface area contributed by atoms with Crippen LogP contribution >= 0.6 is 0 Å². The summed E-state index contributed by atoms with van der Waals surface area (Å²) >= 11 is 0. The maximum Gasteiger partial charge on any atom is 0.256 e. The molecule has 0 radical (unpaired) electrons. The molecule has 20 heavy (non-hydrogen) atoms. The molecular formula is C16H15N3O.